The second-order valence-electron chi connectivity index (χ2n) is 8.07. The third-order valence-electron chi connectivity index (χ3n) is 5.67. The van der Waals surface area contributed by atoms with E-state index in [9.17, 15) is 9.59 Å². The minimum atomic E-state index is -0.252. The SMILES string of the molecule is Cc1ccc(C2=C(N(C)Cc3ccccc3)C(=O)N(CCc3ccc(Cl)cc3)C2=O)cc1. The Kier molecular flexibility index (Phi) is 6.42. The molecule has 0 radical (unpaired) electrons. The molecule has 162 valence electrons. The second kappa shape index (κ2) is 9.41. The fraction of sp³-hybridized carbons (Fsp3) is 0.185. The Morgan fingerprint density at radius 2 is 1.47 bits per heavy atom. The van der Waals surface area contributed by atoms with Crippen LogP contribution in [0, 0.1) is 6.92 Å². The average Bonchev–Trinajstić information content (AvgIpc) is 3.04. The smallest absolute Gasteiger partial charge is 0.277 e. The van der Waals surface area contributed by atoms with Crippen molar-refractivity contribution in [3.8, 4) is 0 Å². The molecular weight excluding hydrogens is 420 g/mol. The molecule has 1 aliphatic heterocycles. The van der Waals surface area contributed by atoms with Crippen LogP contribution in [0.1, 0.15) is 22.3 Å². The molecule has 0 saturated heterocycles. The van der Waals surface area contributed by atoms with Gasteiger partial charge in [-0.2, -0.15) is 0 Å². The van der Waals surface area contributed by atoms with E-state index in [1.54, 1.807) is 0 Å². The van der Waals surface area contributed by atoms with Crippen molar-refractivity contribution in [3.63, 3.8) is 0 Å². The number of benzene rings is 3. The highest BCUT2D eigenvalue weighted by atomic mass is 35.5. The van der Waals surface area contributed by atoms with Gasteiger partial charge in [-0.3, -0.25) is 14.5 Å². The molecule has 4 rings (SSSR count). The summed E-state index contributed by atoms with van der Waals surface area (Å²) < 4.78 is 0. The van der Waals surface area contributed by atoms with E-state index in [1.165, 1.54) is 4.90 Å². The van der Waals surface area contributed by atoms with Crippen molar-refractivity contribution in [2.45, 2.75) is 19.9 Å². The van der Waals surface area contributed by atoms with E-state index in [4.69, 9.17) is 11.6 Å². The molecule has 32 heavy (non-hydrogen) atoms. The Balaban J connectivity index is 1.64. The van der Waals surface area contributed by atoms with Gasteiger partial charge < -0.3 is 4.90 Å². The molecule has 0 atom stereocenters. The van der Waals surface area contributed by atoms with Gasteiger partial charge in [0.15, 0.2) is 0 Å². The lowest BCUT2D eigenvalue weighted by molar-refractivity contribution is -0.137. The molecule has 0 fully saturated rings. The molecule has 0 N–H and O–H groups in total. The Morgan fingerprint density at radius 1 is 0.812 bits per heavy atom. The number of carbonyl (C=O) groups is 2. The van der Waals surface area contributed by atoms with Crippen LogP contribution in [0.3, 0.4) is 0 Å². The van der Waals surface area contributed by atoms with E-state index in [0.29, 0.717) is 35.8 Å². The van der Waals surface area contributed by atoms with Gasteiger partial charge in [0.1, 0.15) is 5.70 Å². The second-order valence-corrected chi connectivity index (χ2v) is 8.51. The zero-order valence-corrected chi connectivity index (χ0v) is 19.0. The minimum absolute atomic E-state index is 0.247. The predicted molar refractivity (Wildman–Crippen MR) is 128 cm³/mol. The standard InChI is InChI=1S/C27H25ClN2O2/c1-19-8-12-22(13-9-19)24-25(29(2)18-21-6-4-3-5-7-21)27(32)30(26(24)31)17-16-20-10-14-23(28)15-11-20/h3-15H,16-18H2,1-2H3. The zero-order valence-electron chi connectivity index (χ0n) is 18.2. The van der Waals surface area contributed by atoms with Gasteiger partial charge in [-0.1, -0.05) is 83.9 Å². The molecule has 5 heteroatoms. The molecule has 4 nitrogen and oxygen atoms in total. The van der Waals surface area contributed by atoms with E-state index in [2.05, 4.69) is 0 Å². The number of likely N-dealkylation sites (N-methyl/N-ethyl adjacent to an activating group) is 1. The van der Waals surface area contributed by atoms with Crippen molar-refractivity contribution in [1.29, 1.82) is 0 Å². The number of hydrogen-bond donors (Lipinski definition) is 0. The average molecular weight is 445 g/mol. The maximum atomic E-state index is 13.5. The van der Waals surface area contributed by atoms with Gasteiger partial charge in [0, 0.05) is 25.2 Å². The van der Waals surface area contributed by atoms with Crippen LogP contribution in [0.15, 0.2) is 84.6 Å². The van der Waals surface area contributed by atoms with Crippen molar-refractivity contribution in [1.82, 2.24) is 9.80 Å². The molecule has 3 aromatic rings. The van der Waals surface area contributed by atoms with Crippen LogP contribution in [0.4, 0.5) is 0 Å². The lowest BCUT2D eigenvalue weighted by Gasteiger charge is -2.21. The number of nitrogens with zero attached hydrogens (tertiary/aromatic N) is 2. The lowest BCUT2D eigenvalue weighted by Crippen LogP contribution is -2.35. The fourth-order valence-corrected chi connectivity index (χ4v) is 4.06. The van der Waals surface area contributed by atoms with Crippen LogP contribution in [-0.4, -0.2) is 35.2 Å². The van der Waals surface area contributed by atoms with Gasteiger partial charge in [-0.15, -0.1) is 0 Å². The van der Waals surface area contributed by atoms with Gasteiger partial charge in [0.05, 0.1) is 5.57 Å². The first kappa shape index (κ1) is 21.8. The first-order valence-electron chi connectivity index (χ1n) is 10.6. The first-order chi connectivity index (χ1) is 15.4. The third-order valence-corrected chi connectivity index (χ3v) is 5.92. The summed E-state index contributed by atoms with van der Waals surface area (Å²) in [5.41, 5.74) is 4.87. The van der Waals surface area contributed by atoms with Gasteiger partial charge in [0.25, 0.3) is 11.8 Å². The van der Waals surface area contributed by atoms with Crippen LogP contribution >= 0.6 is 11.6 Å². The largest absolute Gasteiger partial charge is 0.365 e. The monoisotopic (exact) mass is 444 g/mol. The summed E-state index contributed by atoms with van der Waals surface area (Å²) in [5.74, 6) is -0.499. The molecule has 0 aliphatic carbocycles. The Morgan fingerprint density at radius 3 is 2.12 bits per heavy atom. The first-order valence-corrected chi connectivity index (χ1v) is 11.0. The van der Waals surface area contributed by atoms with Crippen LogP contribution in [0.5, 0.6) is 0 Å². The number of hydrogen-bond acceptors (Lipinski definition) is 3. The highest BCUT2D eigenvalue weighted by Crippen LogP contribution is 2.32. The molecule has 0 spiro atoms. The van der Waals surface area contributed by atoms with E-state index in [0.717, 1.165) is 22.3 Å². The van der Waals surface area contributed by atoms with Crippen molar-refractivity contribution in [3.05, 3.63) is 112 Å². The van der Waals surface area contributed by atoms with Gasteiger partial charge >= 0.3 is 0 Å². The van der Waals surface area contributed by atoms with Crippen LogP contribution in [-0.2, 0) is 22.6 Å². The van der Waals surface area contributed by atoms with Crippen LogP contribution < -0.4 is 0 Å². The molecule has 0 bridgehead atoms. The van der Waals surface area contributed by atoms with E-state index in [-0.39, 0.29) is 11.8 Å². The van der Waals surface area contributed by atoms with Crippen molar-refractivity contribution >= 4 is 29.0 Å². The maximum absolute atomic E-state index is 13.5. The molecule has 0 aromatic heterocycles. The normalized spacial score (nSPS) is 13.8. The van der Waals surface area contributed by atoms with Gasteiger partial charge in [0.2, 0.25) is 0 Å². The number of halogens is 1. The summed E-state index contributed by atoms with van der Waals surface area (Å²) in [6.45, 7) is 2.85. The number of imide groups is 1. The summed E-state index contributed by atoms with van der Waals surface area (Å²) in [4.78, 5) is 30.1. The number of rotatable bonds is 7. The summed E-state index contributed by atoms with van der Waals surface area (Å²) in [6.07, 6.45) is 0.575. The summed E-state index contributed by atoms with van der Waals surface area (Å²) >= 11 is 5.97. The Hall–Kier alpha value is -3.37. The molecule has 3 aromatic carbocycles. The van der Waals surface area contributed by atoms with Crippen molar-refractivity contribution < 1.29 is 9.59 Å². The molecule has 1 heterocycles. The molecular formula is C27H25ClN2O2. The summed E-state index contributed by atoms with van der Waals surface area (Å²) in [7, 11) is 1.87. The maximum Gasteiger partial charge on any atom is 0.277 e. The number of aryl methyl sites for hydroxylation is 1. The quantitative estimate of drug-likeness (QED) is 0.476. The highest BCUT2D eigenvalue weighted by Gasteiger charge is 2.40. The van der Waals surface area contributed by atoms with Crippen LogP contribution in [0.25, 0.3) is 5.57 Å². The third kappa shape index (κ3) is 4.61. The summed E-state index contributed by atoms with van der Waals surface area (Å²) in [6, 6.07) is 25.2. The number of carbonyl (C=O) groups excluding carboxylic acids is 2. The van der Waals surface area contributed by atoms with Crippen molar-refractivity contribution in [2.24, 2.45) is 0 Å². The van der Waals surface area contributed by atoms with Gasteiger partial charge in [-0.05, 0) is 42.2 Å². The summed E-state index contributed by atoms with van der Waals surface area (Å²) in [5, 5.41) is 0.662. The highest BCUT2D eigenvalue weighted by molar-refractivity contribution is 6.35. The topological polar surface area (TPSA) is 40.6 Å². The predicted octanol–water partition coefficient (Wildman–Crippen LogP) is 5.10. The molecule has 0 unspecified atom stereocenters. The van der Waals surface area contributed by atoms with Crippen molar-refractivity contribution in [2.75, 3.05) is 13.6 Å². The van der Waals surface area contributed by atoms with Gasteiger partial charge in [-0.25, -0.2) is 0 Å². The molecule has 2 amide bonds. The molecule has 0 saturated carbocycles. The van der Waals surface area contributed by atoms with E-state index < -0.39 is 0 Å². The molecule has 1 aliphatic rings. The number of amides is 2. The van der Waals surface area contributed by atoms with Crippen LogP contribution in [0.2, 0.25) is 5.02 Å². The van der Waals surface area contributed by atoms with E-state index in [1.807, 2.05) is 97.7 Å². The minimum Gasteiger partial charge on any atom is -0.365 e. The van der Waals surface area contributed by atoms with E-state index >= 15 is 0 Å². The zero-order chi connectivity index (χ0) is 22.7. The fourth-order valence-electron chi connectivity index (χ4n) is 3.93. The Labute approximate surface area is 193 Å². The lowest BCUT2D eigenvalue weighted by atomic mass is 10.0. The Bertz CT molecular complexity index is 1150.